The molecule has 2 N–H and O–H groups in total. The van der Waals surface area contributed by atoms with Crippen LogP contribution in [0.2, 0.25) is 0 Å². The largest absolute Gasteiger partial charge is 0.483 e. The van der Waals surface area contributed by atoms with Crippen LogP contribution in [0.1, 0.15) is 55.2 Å². The first-order valence-corrected chi connectivity index (χ1v) is 11.4. The Kier molecular flexibility index (Phi) is 8.00. The lowest BCUT2D eigenvalue weighted by Gasteiger charge is -2.15. The van der Waals surface area contributed by atoms with Crippen molar-refractivity contribution in [3.63, 3.8) is 0 Å². The molecule has 0 saturated carbocycles. The number of thiazole rings is 1. The molecule has 0 fully saturated rings. The Morgan fingerprint density at radius 2 is 1.84 bits per heavy atom. The summed E-state index contributed by atoms with van der Waals surface area (Å²) in [5.41, 5.74) is 8.02. The van der Waals surface area contributed by atoms with Gasteiger partial charge >= 0.3 is 0 Å². The lowest BCUT2D eigenvalue weighted by atomic mass is 10.0. The summed E-state index contributed by atoms with van der Waals surface area (Å²) in [6.07, 6.45) is 2.80. The summed E-state index contributed by atoms with van der Waals surface area (Å²) in [6, 6.07) is 14.0. The number of hydrazine groups is 1. The van der Waals surface area contributed by atoms with E-state index in [1.807, 2.05) is 43.3 Å². The molecule has 0 bridgehead atoms. The number of amides is 2. The molecule has 0 aliphatic heterocycles. The number of nitrogens with one attached hydrogen (secondary N) is 2. The van der Waals surface area contributed by atoms with Crippen LogP contribution in [0, 0.1) is 6.92 Å². The maximum Gasteiger partial charge on any atom is 0.276 e. The number of benzene rings is 2. The third kappa shape index (κ3) is 6.79. The molecule has 1 aromatic heterocycles. The van der Waals surface area contributed by atoms with Crippen molar-refractivity contribution in [2.75, 3.05) is 6.61 Å². The first-order chi connectivity index (χ1) is 14.9. The van der Waals surface area contributed by atoms with Crippen LogP contribution in [-0.4, -0.2) is 23.4 Å². The van der Waals surface area contributed by atoms with Gasteiger partial charge in [0.25, 0.3) is 5.91 Å². The topological polar surface area (TPSA) is 80.3 Å². The zero-order valence-electron chi connectivity index (χ0n) is 18.2. The molecule has 0 radical (unpaired) electrons. The second kappa shape index (κ2) is 10.9. The highest BCUT2D eigenvalue weighted by Crippen LogP contribution is 2.27. The van der Waals surface area contributed by atoms with Gasteiger partial charge in [0.2, 0.25) is 5.91 Å². The summed E-state index contributed by atoms with van der Waals surface area (Å²) in [5.74, 6) is 0.391. The summed E-state index contributed by atoms with van der Waals surface area (Å²) in [4.78, 5) is 28.6. The van der Waals surface area contributed by atoms with Gasteiger partial charge in [0.15, 0.2) is 6.61 Å². The second-order valence-corrected chi connectivity index (χ2v) is 8.98. The molecule has 1 heterocycles. The van der Waals surface area contributed by atoms with Gasteiger partial charge in [0.1, 0.15) is 5.75 Å². The van der Waals surface area contributed by atoms with E-state index < -0.39 is 0 Å². The van der Waals surface area contributed by atoms with E-state index >= 15 is 0 Å². The first kappa shape index (κ1) is 22.7. The van der Waals surface area contributed by atoms with E-state index in [0.29, 0.717) is 18.1 Å². The van der Waals surface area contributed by atoms with Gasteiger partial charge in [-0.1, -0.05) is 38.1 Å². The molecule has 0 atom stereocenters. The van der Waals surface area contributed by atoms with Crippen LogP contribution in [0.5, 0.6) is 5.75 Å². The normalized spacial score (nSPS) is 11.0. The van der Waals surface area contributed by atoms with E-state index in [1.54, 1.807) is 11.3 Å². The summed E-state index contributed by atoms with van der Waals surface area (Å²) in [5, 5.41) is 1.09. The van der Waals surface area contributed by atoms with Crippen molar-refractivity contribution >= 4 is 33.4 Å². The van der Waals surface area contributed by atoms with Crippen LogP contribution in [0.25, 0.3) is 10.2 Å². The van der Waals surface area contributed by atoms with Crippen molar-refractivity contribution in [2.24, 2.45) is 0 Å². The molecule has 0 saturated heterocycles. The molecule has 2 aromatic carbocycles. The first-order valence-electron chi connectivity index (χ1n) is 10.6. The van der Waals surface area contributed by atoms with E-state index in [2.05, 4.69) is 35.7 Å². The zero-order chi connectivity index (χ0) is 22.2. The standard InChI is InChI=1S/C24H29N3O3S/c1-16(2)18-13-12-17(3)14-20(18)30-15-23(29)27-26-22(28)10-6-7-11-24-25-19-8-4-5-9-21(19)31-24/h4-5,8-9,12-14,16H,6-7,10-11,15H2,1-3H3,(H,26,28)(H,27,29). The molecular formula is C24H29N3O3S. The highest BCUT2D eigenvalue weighted by molar-refractivity contribution is 7.18. The number of unbranched alkanes of at least 4 members (excludes halogenated alkanes) is 1. The van der Waals surface area contributed by atoms with Gasteiger partial charge in [-0.15, -0.1) is 11.3 Å². The van der Waals surface area contributed by atoms with Gasteiger partial charge in [0, 0.05) is 6.42 Å². The van der Waals surface area contributed by atoms with Crippen molar-refractivity contribution in [1.29, 1.82) is 0 Å². The zero-order valence-corrected chi connectivity index (χ0v) is 19.1. The molecule has 0 unspecified atom stereocenters. The predicted molar refractivity (Wildman–Crippen MR) is 124 cm³/mol. The molecular weight excluding hydrogens is 410 g/mol. The highest BCUT2D eigenvalue weighted by Gasteiger charge is 2.11. The van der Waals surface area contributed by atoms with Gasteiger partial charge in [-0.2, -0.15) is 0 Å². The minimum Gasteiger partial charge on any atom is -0.483 e. The average Bonchev–Trinajstić information content (AvgIpc) is 3.16. The SMILES string of the molecule is Cc1ccc(C(C)C)c(OCC(=O)NNC(=O)CCCCc2nc3ccccc3s2)c1. The quantitative estimate of drug-likeness (QED) is 0.375. The van der Waals surface area contributed by atoms with Gasteiger partial charge in [-0.05, 0) is 61.4 Å². The molecule has 2 amide bonds. The molecule has 164 valence electrons. The number of aromatic nitrogens is 1. The summed E-state index contributed by atoms with van der Waals surface area (Å²) in [7, 11) is 0. The van der Waals surface area contributed by atoms with Gasteiger partial charge in [-0.25, -0.2) is 4.98 Å². The number of hydrogen-bond acceptors (Lipinski definition) is 5. The van der Waals surface area contributed by atoms with E-state index in [0.717, 1.165) is 40.9 Å². The number of carbonyl (C=O) groups excluding carboxylic acids is 2. The van der Waals surface area contributed by atoms with Crippen LogP contribution in [0.3, 0.4) is 0 Å². The molecule has 0 aliphatic rings. The lowest BCUT2D eigenvalue weighted by molar-refractivity contribution is -0.130. The van der Waals surface area contributed by atoms with Crippen LogP contribution >= 0.6 is 11.3 Å². The van der Waals surface area contributed by atoms with Crippen LogP contribution in [0.4, 0.5) is 0 Å². The van der Waals surface area contributed by atoms with Crippen molar-refractivity contribution in [3.8, 4) is 5.75 Å². The minimum absolute atomic E-state index is 0.152. The molecule has 0 aliphatic carbocycles. The van der Waals surface area contributed by atoms with Gasteiger partial charge in [-0.3, -0.25) is 20.4 Å². The maximum absolute atomic E-state index is 12.0. The number of fused-ring (bicyclic) bond motifs is 1. The fourth-order valence-corrected chi connectivity index (χ4v) is 4.22. The Hall–Kier alpha value is -2.93. The monoisotopic (exact) mass is 439 g/mol. The number of carbonyl (C=O) groups is 2. The average molecular weight is 440 g/mol. The minimum atomic E-state index is -0.390. The van der Waals surface area contributed by atoms with Crippen molar-refractivity contribution in [3.05, 3.63) is 58.6 Å². The van der Waals surface area contributed by atoms with E-state index in [-0.39, 0.29) is 18.4 Å². The molecule has 3 aromatic rings. The summed E-state index contributed by atoms with van der Waals surface area (Å²) < 4.78 is 6.86. The molecule has 31 heavy (non-hydrogen) atoms. The van der Waals surface area contributed by atoms with Crippen LogP contribution < -0.4 is 15.6 Å². The van der Waals surface area contributed by atoms with E-state index in [9.17, 15) is 9.59 Å². The van der Waals surface area contributed by atoms with E-state index in [4.69, 9.17) is 4.74 Å². The van der Waals surface area contributed by atoms with Crippen molar-refractivity contribution < 1.29 is 14.3 Å². The number of aryl methyl sites for hydroxylation is 2. The fraction of sp³-hybridized carbons (Fsp3) is 0.375. The molecule has 6 nitrogen and oxygen atoms in total. The number of rotatable bonds is 9. The third-order valence-electron chi connectivity index (χ3n) is 4.87. The number of para-hydroxylation sites is 1. The number of ether oxygens (including phenoxy) is 1. The second-order valence-electron chi connectivity index (χ2n) is 7.86. The molecule has 3 rings (SSSR count). The maximum atomic E-state index is 12.0. The third-order valence-corrected chi connectivity index (χ3v) is 5.97. The highest BCUT2D eigenvalue weighted by atomic mass is 32.1. The van der Waals surface area contributed by atoms with Crippen LogP contribution in [-0.2, 0) is 16.0 Å². The fourth-order valence-electron chi connectivity index (χ4n) is 3.21. The number of hydrogen-bond donors (Lipinski definition) is 2. The summed E-state index contributed by atoms with van der Waals surface area (Å²) >= 11 is 1.69. The Morgan fingerprint density at radius 3 is 2.61 bits per heavy atom. The van der Waals surface area contributed by atoms with Crippen molar-refractivity contribution in [1.82, 2.24) is 15.8 Å². The van der Waals surface area contributed by atoms with E-state index in [1.165, 1.54) is 4.70 Å². The Morgan fingerprint density at radius 1 is 1.06 bits per heavy atom. The Labute approximate surface area is 187 Å². The smallest absolute Gasteiger partial charge is 0.276 e. The Balaban J connectivity index is 1.34. The number of nitrogens with zero attached hydrogens (tertiary/aromatic N) is 1. The van der Waals surface area contributed by atoms with Crippen molar-refractivity contribution in [2.45, 2.75) is 52.4 Å². The lowest BCUT2D eigenvalue weighted by Crippen LogP contribution is -2.43. The predicted octanol–water partition coefficient (Wildman–Crippen LogP) is 4.67. The molecule has 0 spiro atoms. The van der Waals surface area contributed by atoms with Gasteiger partial charge in [0.05, 0.1) is 15.2 Å². The van der Waals surface area contributed by atoms with Crippen LogP contribution in [0.15, 0.2) is 42.5 Å². The summed E-state index contributed by atoms with van der Waals surface area (Å²) in [6.45, 7) is 5.98. The van der Waals surface area contributed by atoms with Gasteiger partial charge < -0.3 is 4.74 Å². The molecule has 7 heteroatoms. The Bertz CT molecular complexity index is 1010.